The van der Waals surface area contributed by atoms with Crippen LogP contribution in [0.15, 0.2) is 48.5 Å². The summed E-state index contributed by atoms with van der Waals surface area (Å²) in [4.78, 5) is 0. The second-order valence-electron chi connectivity index (χ2n) is 7.42. The number of hydrogen-bond donors (Lipinski definition) is 0. The molecule has 2 aromatic carbocycles. The molecule has 26 heavy (non-hydrogen) atoms. The van der Waals surface area contributed by atoms with E-state index in [1.807, 2.05) is 0 Å². The highest BCUT2D eigenvalue weighted by molar-refractivity contribution is 6.68. The molecule has 2 saturated heterocycles. The zero-order valence-electron chi connectivity index (χ0n) is 16.2. The third-order valence-corrected chi connectivity index (χ3v) is 11.3. The third kappa shape index (κ3) is 5.40. The van der Waals surface area contributed by atoms with E-state index in [0.717, 1.165) is 13.2 Å². The van der Waals surface area contributed by atoms with Gasteiger partial charge >= 0.3 is 0 Å². The SMILES string of the molecule is Cc1ccccc1[SiH]1CCCCO1.Cc1ccccc1[SiH]1CCCCO1. The normalized spacial score (nSPS) is 23.0. The second-order valence-corrected chi connectivity index (χ2v) is 12.4. The van der Waals surface area contributed by atoms with Crippen molar-refractivity contribution < 1.29 is 8.85 Å². The monoisotopic (exact) mass is 384 g/mol. The van der Waals surface area contributed by atoms with E-state index in [4.69, 9.17) is 8.85 Å². The Hall–Kier alpha value is -1.21. The van der Waals surface area contributed by atoms with Gasteiger partial charge in [0.2, 0.25) is 18.1 Å². The zero-order valence-corrected chi connectivity index (χ0v) is 18.6. The second kappa shape index (κ2) is 10.2. The summed E-state index contributed by atoms with van der Waals surface area (Å²) in [6.45, 7) is 6.37. The van der Waals surface area contributed by atoms with E-state index >= 15 is 0 Å². The van der Waals surface area contributed by atoms with Crippen LogP contribution in [0.1, 0.15) is 36.8 Å². The molecule has 4 rings (SSSR count). The first-order valence-electron chi connectivity index (χ1n) is 10.1. The van der Waals surface area contributed by atoms with Crippen molar-refractivity contribution in [3.8, 4) is 0 Å². The van der Waals surface area contributed by atoms with Gasteiger partial charge in [-0.15, -0.1) is 0 Å². The Morgan fingerprint density at radius 3 is 1.38 bits per heavy atom. The van der Waals surface area contributed by atoms with Crippen LogP contribution in [0.3, 0.4) is 0 Å². The van der Waals surface area contributed by atoms with Crippen LogP contribution in [0.2, 0.25) is 12.1 Å². The van der Waals surface area contributed by atoms with Crippen molar-refractivity contribution >= 4 is 28.5 Å². The number of rotatable bonds is 2. The minimum Gasteiger partial charge on any atom is -0.415 e. The van der Waals surface area contributed by atoms with Crippen LogP contribution >= 0.6 is 0 Å². The summed E-state index contributed by atoms with van der Waals surface area (Å²) < 4.78 is 11.8. The molecular weight excluding hydrogens is 352 g/mol. The Kier molecular flexibility index (Phi) is 7.68. The van der Waals surface area contributed by atoms with Crippen LogP contribution in [0.25, 0.3) is 0 Å². The van der Waals surface area contributed by atoms with E-state index in [1.54, 1.807) is 0 Å². The number of hydrogen-bond acceptors (Lipinski definition) is 2. The lowest BCUT2D eigenvalue weighted by Crippen LogP contribution is -2.37. The Bertz CT molecular complexity index is 618. The Morgan fingerprint density at radius 2 is 1.04 bits per heavy atom. The van der Waals surface area contributed by atoms with E-state index < -0.39 is 18.1 Å². The molecule has 2 atom stereocenters. The average Bonchev–Trinajstić information content (AvgIpc) is 2.71. The van der Waals surface area contributed by atoms with Crippen LogP contribution < -0.4 is 10.4 Å². The molecule has 2 aliphatic rings. The lowest BCUT2D eigenvalue weighted by Gasteiger charge is -2.22. The topological polar surface area (TPSA) is 18.5 Å². The van der Waals surface area contributed by atoms with Crippen LogP contribution in [0.5, 0.6) is 0 Å². The fourth-order valence-corrected chi connectivity index (χ4v) is 9.26. The summed E-state index contributed by atoms with van der Waals surface area (Å²) in [5, 5.41) is 3.03. The van der Waals surface area contributed by atoms with Crippen molar-refractivity contribution in [2.24, 2.45) is 0 Å². The first-order valence-corrected chi connectivity index (χ1v) is 13.8. The highest BCUT2D eigenvalue weighted by Crippen LogP contribution is 2.13. The fraction of sp³-hybridized carbons (Fsp3) is 0.455. The Balaban J connectivity index is 0.000000151. The minimum atomic E-state index is -1.02. The van der Waals surface area contributed by atoms with Crippen molar-refractivity contribution in [3.05, 3.63) is 59.7 Å². The summed E-state index contributed by atoms with van der Waals surface area (Å²) in [6, 6.07) is 20.0. The largest absolute Gasteiger partial charge is 0.415 e. The van der Waals surface area contributed by atoms with Crippen molar-refractivity contribution in [2.75, 3.05) is 13.2 Å². The maximum Gasteiger partial charge on any atom is 0.208 e. The molecule has 0 aliphatic carbocycles. The van der Waals surface area contributed by atoms with Crippen LogP contribution in [0, 0.1) is 13.8 Å². The first-order chi connectivity index (χ1) is 12.8. The predicted molar refractivity (Wildman–Crippen MR) is 116 cm³/mol. The summed E-state index contributed by atoms with van der Waals surface area (Å²) in [6.07, 6.45) is 5.25. The van der Waals surface area contributed by atoms with Crippen LogP contribution in [-0.2, 0) is 8.85 Å². The van der Waals surface area contributed by atoms with E-state index in [-0.39, 0.29) is 0 Å². The lowest BCUT2D eigenvalue weighted by molar-refractivity contribution is 0.294. The van der Waals surface area contributed by atoms with Gasteiger partial charge in [-0.05, 0) is 60.3 Å². The summed E-state index contributed by atoms with van der Waals surface area (Å²) >= 11 is 0. The Morgan fingerprint density at radius 1 is 0.615 bits per heavy atom. The molecule has 2 unspecified atom stereocenters. The van der Waals surface area contributed by atoms with Gasteiger partial charge in [0.05, 0.1) is 0 Å². The lowest BCUT2D eigenvalue weighted by atomic mass is 10.2. The molecule has 0 spiro atoms. The smallest absolute Gasteiger partial charge is 0.208 e. The molecule has 0 radical (unpaired) electrons. The van der Waals surface area contributed by atoms with Gasteiger partial charge in [0.1, 0.15) is 0 Å². The molecule has 0 aromatic heterocycles. The molecule has 4 heteroatoms. The van der Waals surface area contributed by atoms with Crippen LogP contribution in [-0.4, -0.2) is 31.3 Å². The summed E-state index contributed by atoms with van der Waals surface area (Å²) in [5.74, 6) is 0. The molecule has 2 heterocycles. The standard InChI is InChI=1S/2C11H16OSi/c2*1-10-6-2-3-7-11(10)13-9-5-4-8-12-13/h2*2-3,6-7,13H,4-5,8-9H2,1H3. The van der Waals surface area contributed by atoms with Crippen molar-refractivity contribution in [3.63, 3.8) is 0 Å². The van der Waals surface area contributed by atoms with E-state index in [1.165, 1.54) is 59.3 Å². The van der Waals surface area contributed by atoms with Crippen molar-refractivity contribution in [1.29, 1.82) is 0 Å². The molecule has 2 fully saturated rings. The van der Waals surface area contributed by atoms with Crippen molar-refractivity contribution in [2.45, 2.75) is 51.6 Å². The third-order valence-electron chi connectivity index (χ3n) is 5.43. The van der Waals surface area contributed by atoms with E-state index in [0.29, 0.717) is 0 Å². The van der Waals surface area contributed by atoms with Crippen molar-refractivity contribution in [1.82, 2.24) is 0 Å². The van der Waals surface area contributed by atoms with Gasteiger partial charge < -0.3 is 8.85 Å². The van der Waals surface area contributed by atoms with Gasteiger partial charge in [-0.3, -0.25) is 0 Å². The molecule has 140 valence electrons. The average molecular weight is 385 g/mol. The highest BCUT2D eigenvalue weighted by Gasteiger charge is 2.20. The van der Waals surface area contributed by atoms with Gasteiger partial charge in [0.25, 0.3) is 0 Å². The maximum atomic E-state index is 5.88. The summed E-state index contributed by atoms with van der Waals surface area (Å²) in [7, 11) is -2.05. The molecular formula is C22H32O2Si2. The van der Waals surface area contributed by atoms with Gasteiger partial charge in [0, 0.05) is 13.2 Å². The fourth-order valence-electron chi connectivity index (χ4n) is 3.87. The highest BCUT2D eigenvalue weighted by atomic mass is 28.3. The first kappa shape index (κ1) is 19.6. The zero-order chi connectivity index (χ0) is 18.2. The quantitative estimate of drug-likeness (QED) is 0.738. The molecule has 0 amide bonds. The Labute approximate surface area is 162 Å². The van der Waals surface area contributed by atoms with E-state index in [2.05, 4.69) is 62.4 Å². The molecule has 2 nitrogen and oxygen atoms in total. The molecule has 2 aliphatic heterocycles. The minimum absolute atomic E-state index is 0.991. The number of aryl methyl sites for hydroxylation is 2. The number of benzene rings is 2. The molecule has 0 N–H and O–H groups in total. The van der Waals surface area contributed by atoms with Gasteiger partial charge in [-0.1, -0.05) is 61.4 Å². The van der Waals surface area contributed by atoms with Gasteiger partial charge in [-0.25, -0.2) is 0 Å². The van der Waals surface area contributed by atoms with E-state index in [9.17, 15) is 0 Å². The molecule has 0 bridgehead atoms. The molecule has 2 aromatic rings. The maximum absolute atomic E-state index is 5.88. The molecule has 0 saturated carbocycles. The van der Waals surface area contributed by atoms with Crippen LogP contribution in [0.4, 0.5) is 0 Å². The van der Waals surface area contributed by atoms with Gasteiger partial charge in [0.15, 0.2) is 0 Å². The van der Waals surface area contributed by atoms with Gasteiger partial charge in [-0.2, -0.15) is 0 Å². The predicted octanol–water partition coefficient (Wildman–Crippen LogP) is 3.47. The summed E-state index contributed by atoms with van der Waals surface area (Å²) in [5.41, 5.74) is 2.84.